The minimum atomic E-state index is 0.406. The Labute approximate surface area is 119 Å². The summed E-state index contributed by atoms with van der Waals surface area (Å²) in [7, 11) is 0. The van der Waals surface area contributed by atoms with Gasteiger partial charge in [-0.3, -0.25) is 0 Å². The molecule has 2 saturated carbocycles. The molecule has 17 heavy (non-hydrogen) atoms. The molecule has 92 valence electrons. The van der Waals surface area contributed by atoms with Gasteiger partial charge in [0.2, 0.25) is 0 Å². The Hall–Kier alpha value is -0.0200. The van der Waals surface area contributed by atoms with Crippen LogP contribution in [0.3, 0.4) is 0 Å². The van der Waals surface area contributed by atoms with Crippen molar-refractivity contribution in [3.8, 4) is 5.75 Å². The molecule has 2 aliphatic carbocycles. The van der Waals surface area contributed by atoms with E-state index in [0.29, 0.717) is 16.3 Å². The Bertz CT molecular complexity index is 412. The smallest absolute Gasteiger partial charge is 0.120 e. The zero-order valence-electron chi connectivity index (χ0n) is 9.66. The van der Waals surface area contributed by atoms with Gasteiger partial charge in [-0.15, -0.1) is 0 Å². The summed E-state index contributed by atoms with van der Waals surface area (Å²) < 4.78 is 7.27. The van der Waals surface area contributed by atoms with Crippen LogP contribution in [0.15, 0.2) is 28.7 Å². The minimum Gasteiger partial charge on any atom is -0.490 e. The summed E-state index contributed by atoms with van der Waals surface area (Å²) in [5.74, 6) is 0.995. The second-order valence-electron chi connectivity index (χ2n) is 5.21. The lowest BCUT2D eigenvalue weighted by molar-refractivity contribution is -0.0304. The van der Waals surface area contributed by atoms with Crippen LogP contribution in [-0.4, -0.2) is 10.9 Å². The quantitative estimate of drug-likeness (QED) is 0.680. The average molecular weight is 360 g/mol. The van der Waals surface area contributed by atoms with E-state index >= 15 is 0 Å². The maximum atomic E-state index is 6.18. The third kappa shape index (κ3) is 2.06. The maximum absolute atomic E-state index is 6.18. The molecule has 3 rings (SSSR count). The molecule has 2 aliphatic rings. The SMILES string of the molecule is Brc1cccc(OC2CC(Br)C23CCCC3)c1. The fourth-order valence-corrected chi connectivity index (χ4v) is 4.71. The highest BCUT2D eigenvalue weighted by atomic mass is 79.9. The van der Waals surface area contributed by atoms with Gasteiger partial charge in [0, 0.05) is 14.7 Å². The standard InChI is InChI=1S/C14H16Br2O/c15-10-4-3-5-11(8-10)17-13-9-12(16)14(13)6-1-2-7-14/h3-5,8,12-13H,1-2,6-7,9H2. The van der Waals surface area contributed by atoms with Crippen LogP contribution in [-0.2, 0) is 0 Å². The fourth-order valence-electron chi connectivity index (χ4n) is 3.24. The van der Waals surface area contributed by atoms with Gasteiger partial charge in [-0.05, 0) is 37.5 Å². The van der Waals surface area contributed by atoms with Crippen molar-refractivity contribution in [2.45, 2.75) is 43.0 Å². The van der Waals surface area contributed by atoms with E-state index in [0.717, 1.165) is 16.6 Å². The number of hydrogen-bond acceptors (Lipinski definition) is 1. The van der Waals surface area contributed by atoms with Crippen LogP contribution >= 0.6 is 31.9 Å². The number of rotatable bonds is 2. The number of benzene rings is 1. The van der Waals surface area contributed by atoms with Crippen molar-refractivity contribution in [3.63, 3.8) is 0 Å². The molecule has 2 fully saturated rings. The first-order valence-electron chi connectivity index (χ1n) is 6.27. The van der Waals surface area contributed by atoms with E-state index in [1.807, 2.05) is 12.1 Å². The summed E-state index contributed by atoms with van der Waals surface area (Å²) in [4.78, 5) is 0.662. The lowest BCUT2D eigenvalue weighted by atomic mass is 9.64. The van der Waals surface area contributed by atoms with Gasteiger partial charge in [-0.1, -0.05) is 50.8 Å². The van der Waals surface area contributed by atoms with Crippen molar-refractivity contribution < 1.29 is 4.74 Å². The molecule has 1 aromatic rings. The summed E-state index contributed by atoms with van der Waals surface area (Å²) in [6, 6.07) is 8.18. The van der Waals surface area contributed by atoms with Crippen LogP contribution in [0.4, 0.5) is 0 Å². The maximum Gasteiger partial charge on any atom is 0.120 e. The Morgan fingerprint density at radius 3 is 2.65 bits per heavy atom. The van der Waals surface area contributed by atoms with Crippen molar-refractivity contribution in [1.82, 2.24) is 0 Å². The zero-order valence-corrected chi connectivity index (χ0v) is 12.8. The molecule has 1 nitrogen and oxygen atoms in total. The van der Waals surface area contributed by atoms with Gasteiger partial charge < -0.3 is 4.74 Å². The van der Waals surface area contributed by atoms with E-state index in [4.69, 9.17) is 4.74 Å². The van der Waals surface area contributed by atoms with E-state index in [2.05, 4.69) is 44.0 Å². The van der Waals surface area contributed by atoms with Crippen LogP contribution in [0.5, 0.6) is 5.75 Å². The van der Waals surface area contributed by atoms with Gasteiger partial charge in [0.25, 0.3) is 0 Å². The van der Waals surface area contributed by atoms with Crippen molar-refractivity contribution in [2.24, 2.45) is 5.41 Å². The molecule has 0 bridgehead atoms. The Balaban J connectivity index is 1.74. The summed E-state index contributed by atoms with van der Waals surface area (Å²) in [6.07, 6.45) is 6.92. The van der Waals surface area contributed by atoms with E-state index < -0.39 is 0 Å². The molecule has 2 unspecified atom stereocenters. The predicted octanol–water partition coefficient (Wildman–Crippen LogP) is 4.92. The molecule has 1 aromatic carbocycles. The number of halogens is 2. The lowest BCUT2D eigenvalue weighted by Gasteiger charge is -2.51. The number of alkyl halides is 1. The van der Waals surface area contributed by atoms with E-state index in [9.17, 15) is 0 Å². The highest BCUT2D eigenvalue weighted by Gasteiger charge is 2.56. The van der Waals surface area contributed by atoms with Gasteiger partial charge in [0.15, 0.2) is 0 Å². The van der Waals surface area contributed by atoms with Crippen LogP contribution < -0.4 is 4.74 Å². The van der Waals surface area contributed by atoms with E-state index in [-0.39, 0.29) is 0 Å². The molecular formula is C14H16Br2O. The Kier molecular flexibility index (Phi) is 3.24. The molecule has 0 amide bonds. The molecule has 0 heterocycles. The Morgan fingerprint density at radius 1 is 1.24 bits per heavy atom. The summed E-state index contributed by atoms with van der Waals surface area (Å²) in [5.41, 5.74) is 0.419. The van der Waals surface area contributed by atoms with Crippen LogP contribution in [0.1, 0.15) is 32.1 Å². The predicted molar refractivity (Wildman–Crippen MR) is 76.8 cm³/mol. The van der Waals surface area contributed by atoms with Gasteiger partial charge in [-0.2, -0.15) is 0 Å². The van der Waals surface area contributed by atoms with Gasteiger partial charge in [0.05, 0.1) is 0 Å². The third-order valence-corrected chi connectivity index (χ3v) is 6.07. The number of hydrogen-bond donors (Lipinski definition) is 0. The lowest BCUT2D eigenvalue weighted by Crippen LogP contribution is -2.55. The van der Waals surface area contributed by atoms with Crippen molar-refractivity contribution in [3.05, 3.63) is 28.7 Å². The van der Waals surface area contributed by atoms with Crippen LogP contribution in [0, 0.1) is 5.41 Å². The highest BCUT2D eigenvalue weighted by molar-refractivity contribution is 9.10. The first kappa shape index (κ1) is 12.0. The second-order valence-corrected chi connectivity index (χ2v) is 7.23. The molecule has 3 heteroatoms. The topological polar surface area (TPSA) is 9.23 Å². The minimum absolute atomic E-state index is 0.406. The first-order chi connectivity index (χ1) is 8.21. The molecule has 2 atom stereocenters. The van der Waals surface area contributed by atoms with Crippen LogP contribution in [0.25, 0.3) is 0 Å². The molecule has 1 spiro atoms. The largest absolute Gasteiger partial charge is 0.490 e. The Morgan fingerprint density at radius 2 is 2.00 bits per heavy atom. The first-order valence-corrected chi connectivity index (χ1v) is 7.98. The van der Waals surface area contributed by atoms with Crippen molar-refractivity contribution >= 4 is 31.9 Å². The number of ether oxygens (including phenoxy) is 1. The van der Waals surface area contributed by atoms with E-state index in [1.165, 1.54) is 25.7 Å². The third-order valence-electron chi connectivity index (χ3n) is 4.29. The summed E-state index contributed by atoms with van der Waals surface area (Å²) >= 11 is 7.31. The fraction of sp³-hybridized carbons (Fsp3) is 0.571. The normalized spacial score (nSPS) is 30.2. The second kappa shape index (κ2) is 4.58. The summed E-state index contributed by atoms with van der Waals surface area (Å²) in [6.45, 7) is 0. The molecular weight excluding hydrogens is 344 g/mol. The monoisotopic (exact) mass is 358 g/mol. The zero-order chi connectivity index (χ0) is 11.9. The molecule has 0 aromatic heterocycles. The average Bonchev–Trinajstić information content (AvgIpc) is 2.80. The van der Waals surface area contributed by atoms with Crippen molar-refractivity contribution in [2.75, 3.05) is 0 Å². The van der Waals surface area contributed by atoms with Crippen LogP contribution in [0.2, 0.25) is 0 Å². The van der Waals surface area contributed by atoms with Gasteiger partial charge in [-0.25, -0.2) is 0 Å². The van der Waals surface area contributed by atoms with Crippen molar-refractivity contribution in [1.29, 1.82) is 0 Å². The van der Waals surface area contributed by atoms with Gasteiger partial charge in [0.1, 0.15) is 11.9 Å². The molecule has 0 saturated heterocycles. The van der Waals surface area contributed by atoms with Gasteiger partial charge >= 0.3 is 0 Å². The van der Waals surface area contributed by atoms with E-state index in [1.54, 1.807) is 0 Å². The summed E-state index contributed by atoms with van der Waals surface area (Å²) in [5, 5.41) is 0. The molecule has 0 aliphatic heterocycles. The highest BCUT2D eigenvalue weighted by Crippen LogP contribution is 2.57. The molecule has 0 N–H and O–H groups in total. The molecule has 0 radical (unpaired) electrons.